The van der Waals surface area contributed by atoms with Crippen LogP contribution in [0.3, 0.4) is 0 Å². The lowest BCUT2D eigenvalue weighted by atomic mass is 9.87. The zero-order valence-corrected chi connectivity index (χ0v) is 16.4. The maximum absolute atomic E-state index is 11.2. The Labute approximate surface area is 160 Å². The molecule has 2 aromatic rings. The highest BCUT2D eigenvalue weighted by Crippen LogP contribution is 2.40. The number of carbonyl (C=O) groups is 1. The lowest BCUT2D eigenvalue weighted by molar-refractivity contribution is -0.117. The Morgan fingerprint density at radius 3 is 2.65 bits per heavy atom. The summed E-state index contributed by atoms with van der Waals surface area (Å²) in [6.45, 7) is 5.00. The summed E-state index contributed by atoms with van der Waals surface area (Å²) in [5.74, 6) is 0.310. The maximum atomic E-state index is 11.2. The molecule has 2 aliphatic rings. The Kier molecular flexibility index (Phi) is 5.37. The average molecular weight is 366 g/mol. The molecule has 1 aromatic carbocycles. The quantitative estimate of drug-likeness (QED) is 0.750. The zero-order valence-electron chi connectivity index (χ0n) is 15.6. The maximum Gasteiger partial charge on any atom is 0.129 e. The van der Waals surface area contributed by atoms with Crippen LogP contribution in [0.25, 0.3) is 5.57 Å². The van der Waals surface area contributed by atoms with Crippen LogP contribution < -0.4 is 0 Å². The lowest BCUT2D eigenvalue weighted by Crippen LogP contribution is -2.32. The number of hydrogen-bond donors (Lipinski definition) is 0. The van der Waals surface area contributed by atoms with Crippen LogP contribution in [0.2, 0.25) is 0 Å². The fourth-order valence-corrected chi connectivity index (χ4v) is 5.25. The Hall–Kier alpha value is -1.71. The molecule has 3 heteroatoms. The van der Waals surface area contributed by atoms with Gasteiger partial charge in [0, 0.05) is 24.4 Å². The highest BCUT2D eigenvalue weighted by Gasteiger charge is 2.24. The van der Waals surface area contributed by atoms with E-state index in [1.807, 2.05) is 11.3 Å². The summed E-state index contributed by atoms with van der Waals surface area (Å²) in [5.41, 5.74) is 7.60. The lowest BCUT2D eigenvalue weighted by Gasteiger charge is -2.30. The Morgan fingerprint density at radius 2 is 1.85 bits per heavy atom. The minimum absolute atomic E-state index is 0.310. The summed E-state index contributed by atoms with van der Waals surface area (Å²) in [6, 6.07) is 11.3. The molecular weight excluding hydrogens is 338 g/mol. The highest BCUT2D eigenvalue weighted by molar-refractivity contribution is 7.10. The number of Topliss-reactive ketones (excluding diaryl/α,β-unsaturated/α-hetero) is 1. The minimum atomic E-state index is 0.310. The fourth-order valence-electron chi connectivity index (χ4n) is 4.36. The van der Waals surface area contributed by atoms with Crippen LogP contribution in [-0.2, 0) is 17.6 Å². The standard InChI is InChI=1S/C23H27NOS/c1-17(25)5-4-13-24-14-10-19(11-15-24)23-20-7-3-2-6-18(20)8-9-22-21(23)12-16-26-22/h2-3,6-7,12,16H,4-5,8-11,13-15H2,1H3. The van der Waals surface area contributed by atoms with Crippen LogP contribution in [0.4, 0.5) is 0 Å². The van der Waals surface area contributed by atoms with Gasteiger partial charge in [-0.3, -0.25) is 0 Å². The number of hydrogen-bond acceptors (Lipinski definition) is 3. The van der Waals surface area contributed by atoms with Crippen molar-refractivity contribution in [1.29, 1.82) is 0 Å². The van der Waals surface area contributed by atoms with Crippen molar-refractivity contribution in [3.63, 3.8) is 0 Å². The number of fused-ring (bicyclic) bond motifs is 2. The summed E-state index contributed by atoms with van der Waals surface area (Å²) in [4.78, 5) is 15.2. The third kappa shape index (κ3) is 3.70. The molecule has 1 aliphatic heterocycles. The van der Waals surface area contributed by atoms with Crippen molar-refractivity contribution in [2.24, 2.45) is 0 Å². The van der Waals surface area contributed by atoms with Crippen molar-refractivity contribution in [2.75, 3.05) is 19.6 Å². The number of nitrogens with zero attached hydrogens (tertiary/aromatic N) is 1. The minimum Gasteiger partial charge on any atom is -0.303 e. The number of rotatable bonds is 4. The van der Waals surface area contributed by atoms with Crippen molar-refractivity contribution in [3.8, 4) is 0 Å². The largest absolute Gasteiger partial charge is 0.303 e. The highest BCUT2D eigenvalue weighted by atomic mass is 32.1. The fraction of sp³-hybridized carbons (Fsp3) is 0.435. The molecule has 0 atom stereocenters. The molecular formula is C23H27NOS. The first-order valence-corrected chi connectivity index (χ1v) is 10.7. The van der Waals surface area contributed by atoms with E-state index in [1.165, 1.54) is 22.3 Å². The van der Waals surface area contributed by atoms with E-state index in [2.05, 4.69) is 40.6 Å². The molecule has 1 aliphatic carbocycles. The SMILES string of the molecule is CC(=O)CCCN1CCC(=C2c3ccccc3CCc3sccc32)CC1. The smallest absolute Gasteiger partial charge is 0.129 e. The topological polar surface area (TPSA) is 20.3 Å². The molecule has 2 heterocycles. The molecule has 4 rings (SSSR count). The Balaban J connectivity index is 1.59. The van der Waals surface area contributed by atoms with Gasteiger partial charge >= 0.3 is 0 Å². The van der Waals surface area contributed by atoms with E-state index in [4.69, 9.17) is 0 Å². The van der Waals surface area contributed by atoms with Gasteiger partial charge < -0.3 is 9.69 Å². The predicted octanol–water partition coefficient (Wildman–Crippen LogP) is 5.11. The third-order valence-electron chi connectivity index (χ3n) is 5.74. The average Bonchev–Trinajstić information content (AvgIpc) is 3.04. The summed E-state index contributed by atoms with van der Waals surface area (Å²) >= 11 is 1.91. The molecule has 1 saturated heterocycles. The summed E-state index contributed by atoms with van der Waals surface area (Å²) < 4.78 is 0. The van der Waals surface area contributed by atoms with Crippen molar-refractivity contribution in [3.05, 3.63) is 62.9 Å². The van der Waals surface area contributed by atoms with Crippen molar-refractivity contribution < 1.29 is 4.79 Å². The molecule has 0 amide bonds. The number of aryl methyl sites for hydroxylation is 2. The van der Waals surface area contributed by atoms with Crippen molar-refractivity contribution in [1.82, 2.24) is 4.90 Å². The van der Waals surface area contributed by atoms with Gasteiger partial charge in [-0.1, -0.05) is 29.8 Å². The normalized spacial score (nSPS) is 17.6. The Morgan fingerprint density at radius 1 is 1.04 bits per heavy atom. The molecule has 26 heavy (non-hydrogen) atoms. The first-order chi connectivity index (χ1) is 12.7. The summed E-state index contributed by atoms with van der Waals surface area (Å²) in [7, 11) is 0. The number of carbonyl (C=O) groups excluding carboxylic acids is 1. The summed E-state index contributed by atoms with van der Waals surface area (Å²) in [6.07, 6.45) is 6.34. The molecule has 2 nitrogen and oxygen atoms in total. The van der Waals surface area contributed by atoms with Gasteiger partial charge in [-0.25, -0.2) is 0 Å². The van der Waals surface area contributed by atoms with Crippen molar-refractivity contribution in [2.45, 2.75) is 45.4 Å². The monoisotopic (exact) mass is 365 g/mol. The van der Waals surface area contributed by atoms with E-state index in [-0.39, 0.29) is 0 Å². The van der Waals surface area contributed by atoms with Gasteiger partial charge in [-0.15, -0.1) is 11.3 Å². The van der Waals surface area contributed by atoms with Gasteiger partial charge in [-0.2, -0.15) is 0 Å². The van der Waals surface area contributed by atoms with Gasteiger partial charge in [0.2, 0.25) is 0 Å². The molecule has 0 N–H and O–H groups in total. The van der Waals surface area contributed by atoms with Gasteiger partial charge in [0.15, 0.2) is 0 Å². The molecule has 0 radical (unpaired) electrons. The molecule has 1 aromatic heterocycles. The second-order valence-corrected chi connectivity index (χ2v) is 8.54. The van der Waals surface area contributed by atoms with E-state index in [9.17, 15) is 4.79 Å². The molecule has 0 bridgehead atoms. The predicted molar refractivity (Wildman–Crippen MR) is 110 cm³/mol. The molecule has 0 spiro atoms. The number of piperidine rings is 1. The van der Waals surface area contributed by atoms with Crippen LogP contribution >= 0.6 is 11.3 Å². The van der Waals surface area contributed by atoms with E-state index < -0.39 is 0 Å². The van der Waals surface area contributed by atoms with E-state index in [0.717, 1.165) is 58.2 Å². The first kappa shape index (κ1) is 17.7. The third-order valence-corrected chi connectivity index (χ3v) is 6.72. The van der Waals surface area contributed by atoms with Crippen LogP contribution in [0.1, 0.15) is 54.2 Å². The van der Waals surface area contributed by atoms with E-state index >= 15 is 0 Å². The van der Waals surface area contributed by atoms with Crippen LogP contribution in [0, 0.1) is 0 Å². The van der Waals surface area contributed by atoms with Gasteiger partial charge in [0.05, 0.1) is 0 Å². The number of ketones is 1. The van der Waals surface area contributed by atoms with E-state index in [0.29, 0.717) is 5.78 Å². The first-order valence-electron chi connectivity index (χ1n) is 9.81. The van der Waals surface area contributed by atoms with Crippen LogP contribution in [0.15, 0.2) is 41.3 Å². The van der Waals surface area contributed by atoms with Gasteiger partial charge in [0.25, 0.3) is 0 Å². The molecule has 0 saturated carbocycles. The number of benzene rings is 1. The molecule has 136 valence electrons. The number of thiophene rings is 1. The molecule has 1 fully saturated rings. The Bertz CT molecular complexity index is 822. The second-order valence-electron chi connectivity index (χ2n) is 7.54. The van der Waals surface area contributed by atoms with Crippen molar-refractivity contribution >= 4 is 22.7 Å². The van der Waals surface area contributed by atoms with E-state index in [1.54, 1.807) is 17.4 Å². The van der Waals surface area contributed by atoms with Gasteiger partial charge in [0.1, 0.15) is 5.78 Å². The second kappa shape index (κ2) is 7.89. The zero-order chi connectivity index (χ0) is 17.9. The van der Waals surface area contributed by atoms with Gasteiger partial charge in [-0.05, 0) is 79.3 Å². The molecule has 0 unspecified atom stereocenters. The van der Waals surface area contributed by atoms with Crippen LogP contribution in [0.5, 0.6) is 0 Å². The number of likely N-dealkylation sites (tertiary alicyclic amines) is 1. The van der Waals surface area contributed by atoms with Crippen LogP contribution in [-0.4, -0.2) is 30.3 Å². The summed E-state index contributed by atoms with van der Waals surface area (Å²) in [5, 5.41) is 2.26.